The van der Waals surface area contributed by atoms with Crippen molar-refractivity contribution in [3.63, 3.8) is 0 Å². The fourth-order valence-electron chi connectivity index (χ4n) is 3.55. The van der Waals surface area contributed by atoms with Gasteiger partial charge >= 0.3 is 0 Å². The van der Waals surface area contributed by atoms with Crippen molar-refractivity contribution in [2.45, 2.75) is 23.9 Å². The average molecular weight is 461 g/mol. The Hall–Kier alpha value is -3.43. The maximum absolute atomic E-state index is 13.3. The lowest BCUT2D eigenvalue weighted by Crippen LogP contribution is -2.31. The molecular weight excluding hydrogens is 440 g/mol. The third-order valence-corrected chi connectivity index (χ3v) is 6.85. The first-order valence-corrected chi connectivity index (χ1v) is 11.9. The van der Waals surface area contributed by atoms with E-state index in [-0.39, 0.29) is 11.9 Å². The minimum absolute atomic E-state index is 0.193. The quantitative estimate of drug-likeness (QED) is 0.396. The number of carbonyl (C=O) groups excluding carboxylic acids is 1. The molecular formula is C23H20N6OS2. The highest BCUT2D eigenvalue weighted by Gasteiger charge is 2.35. The first-order chi connectivity index (χ1) is 15.7. The number of hydrogen-bond acceptors (Lipinski definition) is 7. The van der Waals surface area contributed by atoms with Gasteiger partial charge in [0.15, 0.2) is 0 Å². The molecule has 1 aliphatic rings. The molecule has 9 heteroatoms. The largest absolute Gasteiger partial charge is 0.328 e. The van der Waals surface area contributed by atoms with E-state index in [1.807, 2.05) is 53.4 Å². The van der Waals surface area contributed by atoms with Crippen LogP contribution >= 0.6 is 23.1 Å². The normalized spacial score (nSPS) is 15.2. The van der Waals surface area contributed by atoms with E-state index in [2.05, 4.69) is 32.7 Å². The van der Waals surface area contributed by atoms with E-state index in [1.54, 1.807) is 41.6 Å². The zero-order chi connectivity index (χ0) is 21.9. The lowest BCUT2D eigenvalue weighted by molar-refractivity contribution is -0.113. The zero-order valence-electron chi connectivity index (χ0n) is 17.2. The number of nitrogens with zero attached hydrogens (tertiary/aromatic N) is 4. The molecule has 0 fully saturated rings. The van der Waals surface area contributed by atoms with Gasteiger partial charge in [-0.05, 0) is 36.1 Å². The Balaban J connectivity index is 1.46. The van der Waals surface area contributed by atoms with Crippen LogP contribution in [0.15, 0.2) is 88.8 Å². The highest BCUT2D eigenvalue weighted by Crippen LogP contribution is 2.38. The molecule has 1 aromatic carbocycles. The monoisotopic (exact) mass is 460 g/mol. The number of benzene rings is 1. The van der Waals surface area contributed by atoms with Crippen molar-refractivity contribution >= 4 is 40.6 Å². The van der Waals surface area contributed by atoms with Gasteiger partial charge in [-0.15, -0.1) is 16.4 Å². The van der Waals surface area contributed by atoms with E-state index in [0.717, 1.165) is 16.3 Å². The summed E-state index contributed by atoms with van der Waals surface area (Å²) in [5, 5.41) is 13.7. The van der Waals surface area contributed by atoms with Crippen molar-refractivity contribution in [3.05, 3.63) is 94.1 Å². The summed E-state index contributed by atoms with van der Waals surface area (Å²) in [5.41, 5.74) is 3.21. The molecule has 0 unspecified atom stereocenters. The number of hydrogen-bond donors (Lipinski definition) is 2. The molecule has 1 aliphatic heterocycles. The molecule has 5 rings (SSSR count). The van der Waals surface area contributed by atoms with Gasteiger partial charge in [-0.2, -0.15) is 4.98 Å². The molecule has 0 saturated carbocycles. The number of pyridine rings is 1. The summed E-state index contributed by atoms with van der Waals surface area (Å²) in [4.78, 5) is 23.1. The van der Waals surface area contributed by atoms with Crippen LogP contribution in [0, 0.1) is 0 Å². The zero-order valence-corrected chi connectivity index (χ0v) is 18.9. The van der Waals surface area contributed by atoms with E-state index < -0.39 is 0 Å². The lowest BCUT2D eigenvalue weighted by atomic mass is 10.0. The number of anilines is 2. The smallest absolute Gasteiger partial charge is 0.255 e. The van der Waals surface area contributed by atoms with E-state index in [9.17, 15) is 4.79 Å². The molecule has 4 aromatic rings. The van der Waals surface area contributed by atoms with E-state index >= 15 is 0 Å². The van der Waals surface area contributed by atoms with Crippen molar-refractivity contribution in [1.29, 1.82) is 0 Å². The summed E-state index contributed by atoms with van der Waals surface area (Å²) in [5.74, 6) is 1.21. The lowest BCUT2D eigenvalue weighted by Gasteiger charge is -2.27. The van der Waals surface area contributed by atoms with Crippen LogP contribution in [0.3, 0.4) is 0 Å². The van der Waals surface area contributed by atoms with Gasteiger partial charge in [-0.1, -0.05) is 48.2 Å². The minimum atomic E-state index is -0.360. The highest BCUT2D eigenvalue weighted by molar-refractivity contribution is 7.98. The van der Waals surface area contributed by atoms with Crippen LogP contribution in [-0.2, 0) is 10.5 Å². The standard InChI is InChI=1S/C23H20N6OS2/c1-15-19(21(30)26-17-9-5-11-24-13-17)20(18-10-6-12-31-18)29-22(25-15)27-23(28-29)32-14-16-7-3-2-4-8-16/h2-13,20H,14H2,1H3,(H,26,30)(H,25,27,28)/t20-/m0/s1. The van der Waals surface area contributed by atoms with Crippen LogP contribution in [0.4, 0.5) is 11.6 Å². The van der Waals surface area contributed by atoms with E-state index in [4.69, 9.17) is 5.10 Å². The molecule has 0 radical (unpaired) electrons. The van der Waals surface area contributed by atoms with Crippen LogP contribution in [0.25, 0.3) is 0 Å². The highest BCUT2D eigenvalue weighted by atomic mass is 32.2. The number of thiophene rings is 1. The predicted octanol–water partition coefficient (Wildman–Crippen LogP) is 4.95. The van der Waals surface area contributed by atoms with Gasteiger partial charge in [-0.3, -0.25) is 9.78 Å². The van der Waals surface area contributed by atoms with Crippen LogP contribution in [0.5, 0.6) is 0 Å². The van der Waals surface area contributed by atoms with Crippen molar-refractivity contribution in [2.75, 3.05) is 10.6 Å². The number of amides is 1. The van der Waals surface area contributed by atoms with Crippen LogP contribution in [-0.4, -0.2) is 25.7 Å². The molecule has 4 heterocycles. The van der Waals surface area contributed by atoms with Crippen molar-refractivity contribution in [3.8, 4) is 0 Å². The molecule has 2 N–H and O–H groups in total. The summed E-state index contributed by atoms with van der Waals surface area (Å²) in [6, 6.07) is 17.5. The van der Waals surface area contributed by atoms with Crippen LogP contribution < -0.4 is 10.6 Å². The molecule has 32 heavy (non-hydrogen) atoms. The number of carbonyl (C=O) groups is 1. The third kappa shape index (κ3) is 4.17. The average Bonchev–Trinajstić information content (AvgIpc) is 3.48. The second-order valence-electron chi connectivity index (χ2n) is 7.21. The predicted molar refractivity (Wildman–Crippen MR) is 128 cm³/mol. The molecule has 0 bridgehead atoms. The fraction of sp³-hybridized carbons (Fsp3) is 0.130. The number of allylic oxidation sites excluding steroid dienone is 1. The van der Waals surface area contributed by atoms with Gasteiger partial charge in [0.05, 0.1) is 17.5 Å². The molecule has 160 valence electrons. The summed E-state index contributed by atoms with van der Waals surface area (Å²) < 4.78 is 1.81. The second-order valence-corrected chi connectivity index (χ2v) is 9.14. The first-order valence-electron chi connectivity index (χ1n) is 10.0. The van der Waals surface area contributed by atoms with Gasteiger partial charge < -0.3 is 10.6 Å². The van der Waals surface area contributed by atoms with Crippen LogP contribution in [0.2, 0.25) is 0 Å². The SMILES string of the molecule is CC1=C(C(=O)Nc2cccnc2)[C@H](c2cccs2)n2nc(SCc3ccccc3)nc2N1. The van der Waals surface area contributed by atoms with Gasteiger partial charge in [-0.25, -0.2) is 4.68 Å². The number of nitrogens with one attached hydrogen (secondary N) is 2. The molecule has 3 aromatic heterocycles. The molecule has 1 atom stereocenters. The third-order valence-electron chi connectivity index (χ3n) is 5.02. The van der Waals surface area contributed by atoms with Crippen molar-refractivity contribution in [2.24, 2.45) is 0 Å². The Bertz CT molecular complexity index is 1250. The Morgan fingerprint density at radius 2 is 2.06 bits per heavy atom. The fourth-order valence-corrected chi connectivity index (χ4v) is 5.16. The number of fused-ring (bicyclic) bond motifs is 1. The topological polar surface area (TPSA) is 84.7 Å². The van der Waals surface area contributed by atoms with Crippen molar-refractivity contribution in [1.82, 2.24) is 19.7 Å². The Morgan fingerprint density at radius 1 is 1.19 bits per heavy atom. The Labute approximate surface area is 193 Å². The summed E-state index contributed by atoms with van der Waals surface area (Å²) >= 11 is 3.17. The minimum Gasteiger partial charge on any atom is -0.328 e. The number of thioether (sulfide) groups is 1. The maximum atomic E-state index is 13.3. The van der Waals surface area contributed by atoms with Crippen LogP contribution in [0.1, 0.15) is 23.4 Å². The number of rotatable bonds is 6. The Kier molecular flexibility index (Phi) is 5.74. The molecule has 7 nitrogen and oxygen atoms in total. The molecule has 0 saturated heterocycles. The maximum Gasteiger partial charge on any atom is 0.255 e. The van der Waals surface area contributed by atoms with Gasteiger partial charge in [0.25, 0.3) is 5.91 Å². The van der Waals surface area contributed by atoms with Gasteiger partial charge in [0.1, 0.15) is 6.04 Å². The summed E-state index contributed by atoms with van der Waals surface area (Å²) in [7, 11) is 0. The molecule has 0 spiro atoms. The summed E-state index contributed by atoms with van der Waals surface area (Å²) in [6.45, 7) is 1.90. The van der Waals surface area contributed by atoms with Crippen molar-refractivity contribution < 1.29 is 4.79 Å². The van der Waals surface area contributed by atoms with E-state index in [0.29, 0.717) is 22.4 Å². The van der Waals surface area contributed by atoms with Gasteiger partial charge in [0.2, 0.25) is 11.1 Å². The Morgan fingerprint density at radius 3 is 2.81 bits per heavy atom. The van der Waals surface area contributed by atoms with Gasteiger partial charge in [0, 0.05) is 22.5 Å². The molecule has 1 amide bonds. The molecule has 0 aliphatic carbocycles. The second kappa shape index (κ2) is 8.97. The number of aromatic nitrogens is 4. The summed E-state index contributed by atoms with van der Waals surface area (Å²) in [6.07, 6.45) is 3.30. The first kappa shape index (κ1) is 20.5. The van der Waals surface area contributed by atoms with E-state index in [1.165, 1.54) is 5.56 Å².